The minimum atomic E-state index is -0.134. The molecule has 0 bridgehead atoms. The highest BCUT2D eigenvalue weighted by molar-refractivity contribution is 7.14. The molecule has 1 aromatic heterocycles. The van der Waals surface area contributed by atoms with E-state index in [2.05, 4.69) is 15.6 Å². The molecule has 4 aromatic rings. The maximum atomic E-state index is 12.5. The number of aromatic nitrogens is 1. The van der Waals surface area contributed by atoms with Crippen LogP contribution in [0, 0.1) is 6.92 Å². The topological polar surface area (TPSA) is 63.2 Å². The van der Waals surface area contributed by atoms with E-state index in [1.807, 2.05) is 85.1 Å². The molecule has 1 heterocycles. The number of hydrogen-bond acceptors (Lipinski definition) is 5. The quantitative estimate of drug-likeness (QED) is 0.398. The van der Waals surface area contributed by atoms with Crippen LogP contribution in [0.1, 0.15) is 15.9 Å². The van der Waals surface area contributed by atoms with Gasteiger partial charge in [-0.1, -0.05) is 35.9 Å². The summed E-state index contributed by atoms with van der Waals surface area (Å²) < 4.78 is 5.26. The van der Waals surface area contributed by atoms with Crippen molar-refractivity contribution in [2.24, 2.45) is 0 Å². The number of carbonyl (C=O) groups is 1. The number of rotatable bonds is 6. The van der Waals surface area contributed by atoms with Crippen LogP contribution in [0.2, 0.25) is 0 Å². The van der Waals surface area contributed by atoms with Crippen molar-refractivity contribution in [2.45, 2.75) is 6.92 Å². The number of carbonyl (C=O) groups excluding carboxylic acids is 1. The summed E-state index contributed by atoms with van der Waals surface area (Å²) in [6, 6.07) is 22.9. The molecule has 0 aliphatic carbocycles. The minimum absolute atomic E-state index is 0.134. The third-order valence-electron chi connectivity index (χ3n) is 4.56. The van der Waals surface area contributed by atoms with Crippen LogP contribution in [0.3, 0.4) is 0 Å². The van der Waals surface area contributed by atoms with Gasteiger partial charge in [0.05, 0.1) is 12.8 Å². The molecule has 0 unspecified atom stereocenters. The number of amides is 1. The average molecular weight is 416 g/mol. The van der Waals surface area contributed by atoms with E-state index in [1.54, 1.807) is 7.11 Å². The average Bonchev–Trinajstić information content (AvgIpc) is 3.23. The van der Waals surface area contributed by atoms with Crippen LogP contribution < -0.4 is 15.4 Å². The number of anilines is 3. The smallest absolute Gasteiger partial charge is 0.255 e. The van der Waals surface area contributed by atoms with E-state index < -0.39 is 0 Å². The molecule has 0 saturated carbocycles. The highest BCUT2D eigenvalue weighted by atomic mass is 32.1. The van der Waals surface area contributed by atoms with Crippen LogP contribution in [0.5, 0.6) is 5.75 Å². The second-order valence-electron chi connectivity index (χ2n) is 6.80. The van der Waals surface area contributed by atoms with Crippen molar-refractivity contribution in [2.75, 3.05) is 17.7 Å². The molecule has 150 valence electrons. The second kappa shape index (κ2) is 8.80. The molecule has 4 rings (SSSR count). The van der Waals surface area contributed by atoms with Gasteiger partial charge in [-0.3, -0.25) is 4.79 Å². The van der Waals surface area contributed by atoms with E-state index in [0.29, 0.717) is 5.56 Å². The van der Waals surface area contributed by atoms with Crippen LogP contribution in [0.15, 0.2) is 78.2 Å². The summed E-state index contributed by atoms with van der Waals surface area (Å²) in [6.07, 6.45) is 0. The number of ether oxygens (including phenoxy) is 1. The summed E-state index contributed by atoms with van der Waals surface area (Å²) >= 11 is 1.52. The number of thiazole rings is 1. The molecule has 0 saturated heterocycles. The number of benzene rings is 3. The lowest BCUT2D eigenvalue weighted by Crippen LogP contribution is -2.11. The number of aryl methyl sites for hydroxylation is 1. The molecule has 6 heteroatoms. The lowest BCUT2D eigenvalue weighted by Gasteiger charge is -2.07. The fraction of sp³-hybridized carbons (Fsp3) is 0.0833. The van der Waals surface area contributed by atoms with E-state index in [0.717, 1.165) is 39.1 Å². The Morgan fingerprint density at radius 2 is 1.73 bits per heavy atom. The first-order valence-corrected chi connectivity index (χ1v) is 10.3. The minimum Gasteiger partial charge on any atom is -0.497 e. The van der Waals surface area contributed by atoms with Crippen molar-refractivity contribution in [3.05, 3.63) is 89.3 Å². The first kappa shape index (κ1) is 19.7. The van der Waals surface area contributed by atoms with Crippen LogP contribution in [0.4, 0.5) is 16.5 Å². The molecular formula is C24H21N3O2S. The summed E-state index contributed by atoms with van der Waals surface area (Å²) in [5.41, 5.74) is 5.17. The largest absolute Gasteiger partial charge is 0.497 e. The Kier molecular flexibility index (Phi) is 5.77. The van der Waals surface area contributed by atoms with Crippen molar-refractivity contribution in [3.8, 4) is 17.0 Å². The summed E-state index contributed by atoms with van der Waals surface area (Å²) in [5.74, 6) is 0.652. The molecule has 0 radical (unpaired) electrons. The van der Waals surface area contributed by atoms with Crippen molar-refractivity contribution >= 4 is 33.8 Å². The van der Waals surface area contributed by atoms with Gasteiger partial charge >= 0.3 is 0 Å². The zero-order valence-electron chi connectivity index (χ0n) is 16.7. The summed E-state index contributed by atoms with van der Waals surface area (Å²) in [4.78, 5) is 17.2. The van der Waals surface area contributed by atoms with Gasteiger partial charge in [0, 0.05) is 33.9 Å². The molecule has 0 fully saturated rings. The zero-order chi connectivity index (χ0) is 20.9. The normalized spacial score (nSPS) is 10.5. The van der Waals surface area contributed by atoms with Crippen LogP contribution in [-0.4, -0.2) is 18.0 Å². The van der Waals surface area contributed by atoms with Gasteiger partial charge in [-0.2, -0.15) is 0 Å². The molecule has 0 spiro atoms. The summed E-state index contributed by atoms with van der Waals surface area (Å²) in [5, 5.41) is 9.03. The van der Waals surface area contributed by atoms with Crippen molar-refractivity contribution < 1.29 is 9.53 Å². The third-order valence-corrected chi connectivity index (χ3v) is 5.31. The monoisotopic (exact) mass is 415 g/mol. The van der Waals surface area contributed by atoms with Gasteiger partial charge in [0.1, 0.15) is 5.75 Å². The first-order chi connectivity index (χ1) is 14.6. The molecular weight excluding hydrogens is 394 g/mol. The van der Waals surface area contributed by atoms with Crippen LogP contribution in [0.25, 0.3) is 11.3 Å². The van der Waals surface area contributed by atoms with Gasteiger partial charge in [-0.25, -0.2) is 4.98 Å². The Morgan fingerprint density at radius 1 is 0.967 bits per heavy atom. The molecule has 0 atom stereocenters. The van der Waals surface area contributed by atoms with E-state index in [-0.39, 0.29) is 5.91 Å². The molecule has 0 aliphatic rings. The van der Waals surface area contributed by atoms with Gasteiger partial charge in [0.2, 0.25) is 0 Å². The zero-order valence-corrected chi connectivity index (χ0v) is 17.5. The van der Waals surface area contributed by atoms with Crippen LogP contribution >= 0.6 is 11.3 Å². The fourth-order valence-corrected chi connectivity index (χ4v) is 3.69. The molecule has 0 aliphatic heterocycles. The highest BCUT2D eigenvalue weighted by Gasteiger charge is 2.09. The van der Waals surface area contributed by atoms with E-state index in [9.17, 15) is 4.79 Å². The lowest BCUT2D eigenvalue weighted by atomic mass is 10.1. The van der Waals surface area contributed by atoms with E-state index >= 15 is 0 Å². The van der Waals surface area contributed by atoms with Crippen molar-refractivity contribution in [1.82, 2.24) is 4.98 Å². The lowest BCUT2D eigenvalue weighted by molar-refractivity contribution is 0.102. The molecule has 1 amide bonds. The molecule has 30 heavy (non-hydrogen) atoms. The Hall–Kier alpha value is -3.64. The molecule has 3 aromatic carbocycles. The predicted octanol–water partition coefficient (Wildman–Crippen LogP) is 6.12. The first-order valence-electron chi connectivity index (χ1n) is 9.46. The summed E-state index contributed by atoms with van der Waals surface area (Å²) in [7, 11) is 1.64. The third kappa shape index (κ3) is 4.67. The summed E-state index contributed by atoms with van der Waals surface area (Å²) in [6.45, 7) is 2.00. The standard InChI is InChI=1S/C24H21N3O2S/c1-16-9-11-17(12-10-16)23(28)25-19-6-3-5-18(13-19)22-15-30-24(27-22)26-20-7-4-8-21(14-20)29-2/h3-15H,1-2H3,(H,25,28)(H,26,27). The van der Waals surface area contributed by atoms with Crippen molar-refractivity contribution in [1.29, 1.82) is 0 Å². The highest BCUT2D eigenvalue weighted by Crippen LogP contribution is 2.29. The maximum Gasteiger partial charge on any atom is 0.255 e. The Labute approximate surface area is 179 Å². The van der Waals surface area contributed by atoms with Gasteiger partial charge in [0.25, 0.3) is 5.91 Å². The predicted molar refractivity (Wildman–Crippen MR) is 123 cm³/mol. The van der Waals surface area contributed by atoms with Gasteiger partial charge < -0.3 is 15.4 Å². The Morgan fingerprint density at radius 3 is 2.53 bits per heavy atom. The van der Waals surface area contributed by atoms with Gasteiger partial charge in [-0.05, 0) is 43.3 Å². The fourth-order valence-electron chi connectivity index (χ4n) is 2.95. The molecule has 5 nitrogen and oxygen atoms in total. The number of methoxy groups -OCH3 is 1. The molecule has 2 N–H and O–H groups in total. The number of nitrogens with zero attached hydrogens (tertiary/aromatic N) is 1. The Balaban J connectivity index is 1.48. The van der Waals surface area contributed by atoms with E-state index in [4.69, 9.17) is 4.74 Å². The van der Waals surface area contributed by atoms with Gasteiger partial charge in [-0.15, -0.1) is 11.3 Å². The van der Waals surface area contributed by atoms with E-state index in [1.165, 1.54) is 11.3 Å². The number of hydrogen-bond donors (Lipinski definition) is 2. The SMILES string of the molecule is COc1cccc(Nc2nc(-c3cccc(NC(=O)c4ccc(C)cc4)c3)cs2)c1. The Bertz CT molecular complexity index is 1170. The number of nitrogens with one attached hydrogen (secondary N) is 2. The van der Waals surface area contributed by atoms with Gasteiger partial charge in [0.15, 0.2) is 5.13 Å². The van der Waals surface area contributed by atoms with Crippen molar-refractivity contribution in [3.63, 3.8) is 0 Å². The second-order valence-corrected chi connectivity index (χ2v) is 7.65. The van der Waals surface area contributed by atoms with Crippen LogP contribution in [-0.2, 0) is 0 Å². The maximum absolute atomic E-state index is 12.5.